The third kappa shape index (κ3) is 3.20. The van der Waals surface area contributed by atoms with E-state index in [2.05, 4.69) is 45.0 Å². The van der Waals surface area contributed by atoms with Gasteiger partial charge in [0.1, 0.15) is 5.82 Å². The van der Waals surface area contributed by atoms with Gasteiger partial charge in [-0.25, -0.2) is 4.98 Å². The van der Waals surface area contributed by atoms with Crippen molar-refractivity contribution in [3.05, 3.63) is 71.9 Å². The molecule has 2 heterocycles. The number of rotatable bonds is 4. The minimum atomic E-state index is -0.117. The molecule has 1 amide bonds. The van der Waals surface area contributed by atoms with Crippen molar-refractivity contribution in [2.24, 2.45) is 0 Å². The number of fused-ring (bicyclic) bond motifs is 4. The van der Waals surface area contributed by atoms with Crippen LogP contribution in [0.5, 0.6) is 0 Å². The van der Waals surface area contributed by atoms with Crippen LogP contribution in [0, 0.1) is 0 Å². The molecule has 7 heteroatoms. The highest BCUT2D eigenvalue weighted by Gasteiger charge is 2.16. The molecule has 5 N–H and O–H groups in total. The minimum absolute atomic E-state index is 0.117. The topological polar surface area (TPSA) is 112 Å². The summed E-state index contributed by atoms with van der Waals surface area (Å²) in [6, 6.07) is 17.9. The van der Waals surface area contributed by atoms with E-state index in [1.807, 2.05) is 42.6 Å². The summed E-state index contributed by atoms with van der Waals surface area (Å²) in [4.78, 5) is 21.3. The van der Waals surface area contributed by atoms with Crippen LogP contribution in [0.15, 0.2) is 60.8 Å². The molecule has 5 rings (SSSR count). The van der Waals surface area contributed by atoms with Crippen LogP contribution in [0.4, 0.5) is 11.8 Å². The van der Waals surface area contributed by atoms with Crippen LogP contribution in [0.25, 0.3) is 32.6 Å². The largest absolute Gasteiger partial charge is 0.383 e. The smallest absolute Gasteiger partial charge is 0.253 e. The highest BCUT2D eigenvalue weighted by atomic mass is 16.1. The molecule has 154 valence electrons. The third-order valence-corrected chi connectivity index (χ3v) is 5.61. The SMILES string of the molecule is CCn1cc(C(=O)NCc2ccc3nc(N)nc(N)c3c2)c2ccc3ccccc3c21. The molecule has 31 heavy (non-hydrogen) atoms. The van der Waals surface area contributed by atoms with E-state index in [0.29, 0.717) is 23.4 Å². The molecule has 0 bridgehead atoms. The first-order valence-electron chi connectivity index (χ1n) is 10.2. The number of nitrogens with zero attached hydrogens (tertiary/aromatic N) is 3. The minimum Gasteiger partial charge on any atom is -0.383 e. The lowest BCUT2D eigenvalue weighted by atomic mass is 10.1. The Morgan fingerprint density at radius 3 is 2.68 bits per heavy atom. The van der Waals surface area contributed by atoms with Crippen LogP contribution in [0.1, 0.15) is 22.8 Å². The number of hydrogen-bond acceptors (Lipinski definition) is 5. The Labute approximate surface area is 178 Å². The first kappa shape index (κ1) is 18.9. The lowest BCUT2D eigenvalue weighted by molar-refractivity contribution is 0.0952. The van der Waals surface area contributed by atoms with Gasteiger partial charge in [0.2, 0.25) is 5.95 Å². The number of nitrogen functional groups attached to an aromatic ring is 2. The number of benzene rings is 3. The predicted molar refractivity (Wildman–Crippen MR) is 125 cm³/mol. The van der Waals surface area contributed by atoms with E-state index in [4.69, 9.17) is 11.5 Å². The maximum atomic E-state index is 13.1. The fourth-order valence-electron chi connectivity index (χ4n) is 4.11. The van der Waals surface area contributed by atoms with E-state index in [9.17, 15) is 4.79 Å². The fraction of sp³-hybridized carbons (Fsp3) is 0.125. The van der Waals surface area contributed by atoms with E-state index in [1.165, 1.54) is 0 Å². The van der Waals surface area contributed by atoms with Gasteiger partial charge in [0.25, 0.3) is 5.91 Å². The predicted octanol–water partition coefficient (Wildman–Crippen LogP) is 3.85. The van der Waals surface area contributed by atoms with Crippen LogP contribution < -0.4 is 16.8 Å². The molecule has 5 aromatic rings. The molecule has 0 spiro atoms. The zero-order valence-corrected chi connectivity index (χ0v) is 17.1. The molecule has 3 aromatic carbocycles. The number of amides is 1. The number of nitrogens with two attached hydrogens (primary N) is 2. The number of nitrogens with one attached hydrogen (secondary N) is 1. The molecule has 0 fully saturated rings. The fourth-order valence-corrected chi connectivity index (χ4v) is 4.11. The first-order chi connectivity index (χ1) is 15.0. The second kappa shape index (κ2) is 7.28. The number of carbonyl (C=O) groups is 1. The summed E-state index contributed by atoms with van der Waals surface area (Å²) in [5, 5.41) is 7.00. The summed E-state index contributed by atoms with van der Waals surface area (Å²) in [6.07, 6.45) is 1.93. The standard InChI is InChI=1S/C24H22N6O/c1-2-30-13-19(17-9-8-15-5-3-4-6-16(15)21(17)30)23(31)27-12-14-7-10-20-18(11-14)22(25)29-24(26)28-20/h3-11,13H,2,12H2,1H3,(H,27,31)(H4,25,26,28,29). The van der Waals surface area contributed by atoms with Gasteiger partial charge in [-0.1, -0.05) is 42.5 Å². The van der Waals surface area contributed by atoms with Crippen molar-refractivity contribution in [3.8, 4) is 0 Å². The van der Waals surface area contributed by atoms with Crippen molar-refractivity contribution in [2.75, 3.05) is 11.5 Å². The zero-order valence-electron chi connectivity index (χ0n) is 17.1. The lowest BCUT2D eigenvalue weighted by Crippen LogP contribution is -2.22. The van der Waals surface area contributed by atoms with Gasteiger partial charge in [-0.2, -0.15) is 4.98 Å². The summed E-state index contributed by atoms with van der Waals surface area (Å²) in [5.74, 6) is 0.355. The van der Waals surface area contributed by atoms with Crippen molar-refractivity contribution >= 4 is 50.3 Å². The van der Waals surface area contributed by atoms with Gasteiger partial charge in [-0.15, -0.1) is 0 Å². The quantitative estimate of drug-likeness (QED) is 0.417. The molecule has 0 radical (unpaired) electrons. The Morgan fingerprint density at radius 1 is 1.00 bits per heavy atom. The second-order valence-electron chi connectivity index (χ2n) is 7.51. The Morgan fingerprint density at radius 2 is 1.84 bits per heavy atom. The number of carbonyl (C=O) groups excluding carboxylic acids is 1. The Hall–Kier alpha value is -4.13. The van der Waals surface area contributed by atoms with E-state index < -0.39 is 0 Å². The zero-order chi connectivity index (χ0) is 21.5. The van der Waals surface area contributed by atoms with Crippen LogP contribution in [-0.4, -0.2) is 20.4 Å². The molecular formula is C24H22N6O. The molecule has 0 aliphatic rings. The number of aryl methyl sites for hydroxylation is 1. The Kier molecular flexibility index (Phi) is 4.43. The molecule has 0 unspecified atom stereocenters. The number of anilines is 2. The van der Waals surface area contributed by atoms with Crippen LogP contribution in [0.2, 0.25) is 0 Å². The second-order valence-corrected chi connectivity index (χ2v) is 7.51. The summed E-state index contributed by atoms with van der Waals surface area (Å²) >= 11 is 0. The molecule has 7 nitrogen and oxygen atoms in total. The van der Waals surface area contributed by atoms with Gasteiger partial charge in [0.15, 0.2) is 0 Å². The van der Waals surface area contributed by atoms with E-state index in [0.717, 1.165) is 39.2 Å². The summed E-state index contributed by atoms with van der Waals surface area (Å²) < 4.78 is 2.13. The monoisotopic (exact) mass is 410 g/mol. The molecule has 2 aromatic heterocycles. The molecule has 0 atom stereocenters. The summed E-state index contributed by atoms with van der Waals surface area (Å²) in [5.41, 5.74) is 15.0. The number of hydrogen-bond donors (Lipinski definition) is 3. The highest BCUT2D eigenvalue weighted by molar-refractivity contribution is 6.14. The van der Waals surface area contributed by atoms with E-state index in [1.54, 1.807) is 0 Å². The lowest BCUT2D eigenvalue weighted by Gasteiger charge is -2.08. The summed E-state index contributed by atoms with van der Waals surface area (Å²) in [6.45, 7) is 3.23. The van der Waals surface area contributed by atoms with Crippen molar-refractivity contribution < 1.29 is 4.79 Å². The van der Waals surface area contributed by atoms with E-state index >= 15 is 0 Å². The maximum Gasteiger partial charge on any atom is 0.253 e. The molecule has 0 saturated carbocycles. The first-order valence-corrected chi connectivity index (χ1v) is 10.2. The van der Waals surface area contributed by atoms with Crippen LogP contribution >= 0.6 is 0 Å². The molecule has 0 saturated heterocycles. The van der Waals surface area contributed by atoms with Gasteiger partial charge < -0.3 is 21.4 Å². The van der Waals surface area contributed by atoms with Crippen molar-refractivity contribution in [1.29, 1.82) is 0 Å². The average Bonchev–Trinajstić information content (AvgIpc) is 3.17. The van der Waals surface area contributed by atoms with Crippen molar-refractivity contribution in [1.82, 2.24) is 19.9 Å². The highest BCUT2D eigenvalue weighted by Crippen LogP contribution is 2.29. The normalized spacial score (nSPS) is 11.4. The van der Waals surface area contributed by atoms with Crippen molar-refractivity contribution in [3.63, 3.8) is 0 Å². The maximum absolute atomic E-state index is 13.1. The van der Waals surface area contributed by atoms with Gasteiger partial charge in [-0.05, 0) is 30.0 Å². The van der Waals surface area contributed by atoms with Gasteiger partial charge >= 0.3 is 0 Å². The van der Waals surface area contributed by atoms with Gasteiger partial charge in [0.05, 0.1) is 16.6 Å². The van der Waals surface area contributed by atoms with Crippen molar-refractivity contribution in [2.45, 2.75) is 20.0 Å². The van der Waals surface area contributed by atoms with Gasteiger partial charge in [0, 0.05) is 35.4 Å². The number of aromatic nitrogens is 3. The van der Waals surface area contributed by atoms with E-state index in [-0.39, 0.29) is 11.9 Å². The molecule has 0 aliphatic carbocycles. The third-order valence-electron chi connectivity index (χ3n) is 5.61. The molecular weight excluding hydrogens is 388 g/mol. The molecule has 0 aliphatic heterocycles. The average molecular weight is 410 g/mol. The van der Waals surface area contributed by atoms with Crippen LogP contribution in [0.3, 0.4) is 0 Å². The van der Waals surface area contributed by atoms with Gasteiger partial charge in [-0.3, -0.25) is 4.79 Å². The van der Waals surface area contributed by atoms with Crippen LogP contribution in [-0.2, 0) is 13.1 Å². The Balaban J connectivity index is 1.47. The Bertz CT molecular complexity index is 1470. The summed E-state index contributed by atoms with van der Waals surface area (Å²) in [7, 11) is 0.